The number of nitrogens with zero attached hydrogens (tertiary/aromatic N) is 3. The van der Waals surface area contributed by atoms with Crippen LogP contribution in [0.2, 0.25) is 0 Å². The summed E-state index contributed by atoms with van der Waals surface area (Å²) in [4.78, 5) is 21.5. The van der Waals surface area contributed by atoms with Crippen molar-refractivity contribution in [2.45, 2.75) is 6.54 Å². The van der Waals surface area contributed by atoms with Crippen LogP contribution in [0.25, 0.3) is 0 Å². The van der Waals surface area contributed by atoms with E-state index >= 15 is 0 Å². The normalized spacial score (nSPS) is 10.3. The van der Waals surface area contributed by atoms with Gasteiger partial charge in [0.05, 0.1) is 24.8 Å². The maximum absolute atomic E-state index is 13.6. The smallest absolute Gasteiger partial charge is 0.390 e. The van der Waals surface area contributed by atoms with Crippen molar-refractivity contribution in [2.75, 3.05) is 7.11 Å². The molecule has 1 aromatic heterocycles. The molecule has 0 saturated carbocycles. The molecule has 0 aliphatic heterocycles. The van der Waals surface area contributed by atoms with Crippen molar-refractivity contribution < 1.29 is 18.8 Å². The summed E-state index contributed by atoms with van der Waals surface area (Å²) < 4.78 is 19.1. The standard InChI is InChI=1S/C12H10FN3O4/c1-20-12(17)10-6-11(16(18)19)14-15(10)7-8-4-2-3-5-9(8)13/h2-6H,7H2,1H3. The molecule has 0 atom stereocenters. The zero-order valence-corrected chi connectivity index (χ0v) is 10.4. The van der Waals surface area contributed by atoms with Gasteiger partial charge in [-0.05, 0) is 11.0 Å². The molecule has 1 heterocycles. The number of benzene rings is 1. The van der Waals surface area contributed by atoms with E-state index in [-0.39, 0.29) is 17.8 Å². The number of nitro groups is 1. The van der Waals surface area contributed by atoms with Crippen LogP contribution in [0.15, 0.2) is 30.3 Å². The summed E-state index contributed by atoms with van der Waals surface area (Å²) in [6.07, 6.45) is 0. The first-order valence-corrected chi connectivity index (χ1v) is 5.57. The van der Waals surface area contributed by atoms with Gasteiger partial charge in [-0.15, -0.1) is 0 Å². The van der Waals surface area contributed by atoms with E-state index < -0.39 is 22.5 Å². The van der Waals surface area contributed by atoms with Crippen LogP contribution < -0.4 is 0 Å². The first kappa shape index (κ1) is 13.7. The Morgan fingerprint density at radius 3 is 2.80 bits per heavy atom. The van der Waals surface area contributed by atoms with Gasteiger partial charge in [0.2, 0.25) is 0 Å². The second-order valence-corrected chi connectivity index (χ2v) is 3.89. The molecule has 0 aliphatic carbocycles. The fourth-order valence-corrected chi connectivity index (χ4v) is 1.67. The third-order valence-electron chi connectivity index (χ3n) is 2.63. The molecule has 0 fully saturated rings. The molecule has 2 aromatic rings. The molecule has 0 amide bonds. The van der Waals surface area contributed by atoms with Crippen molar-refractivity contribution in [1.82, 2.24) is 9.78 Å². The average molecular weight is 279 g/mol. The number of methoxy groups -OCH3 is 1. The van der Waals surface area contributed by atoms with Crippen LogP contribution in [0.1, 0.15) is 16.1 Å². The Kier molecular flexibility index (Phi) is 3.74. The molecule has 0 saturated heterocycles. The molecule has 0 spiro atoms. The lowest BCUT2D eigenvalue weighted by molar-refractivity contribution is -0.389. The molecule has 20 heavy (non-hydrogen) atoms. The van der Waals surface area contributed by atoms with Gasteiger partial charge in [0.25, 0.3) is 0 Å². The predicted molar refractivity (Wildman–Crippen MR) is 65.7 cm³/mol. The lowest BCUT2D eigenvalue weighted by atomic mass is 10.2. The monoisotopic (exact) mass is 279 g/mol. The van der Waals surface area contributed by atoms with Crippen molar-refractivity contribution in [3.63, 3.8) is 0 Å². The first-order valence-electron chi connectivity index (χ1n) is 5.57. The minimum Gasteiger partial charge on any atom is -0.464 e. The number of ether oxygens (including phenoxy) is 1. The molecule has 1 aromatic carbocycles. The van der Waals surface area contributed by atoms with Gasteiger partial charge < -0.3 is 14.9 Å². The third-order valence-corrected chi connectivity index (χ3v) is 2.63. The van der Waals surface area contributed by atoms with Crippen LogP contribution in [0, 0.1) is 15.9 Å². The van der Waals surface area contributed by atoms with Crippen molar-refractivity contribution in [3.05, 3.63) is 57.5 Å². The third kappa shape index (κ3) is 2.63. The van der Waals surface area contributed by atoms with Crippen LogP contribution in [-0.2, 0) is 11.3 Å². The number of aromatic nitrogens is 2. The molecule has 0 N–H and O–H groups in total. The molecular weight excluding hydrogens is 269 g/mol. The van der Waals surface area contributed by atoms with E-state index in [2.05, 4.69) is 9.84 Å². The number of hydrogen-bond donors (Lipinski definition) is 0. The second kappa shape index (κ2) is 5.47. The van der Waals surface area contributed by atoms with Gasteiger partial charge in [-0.1, -0.05) is 18.2 Å². The lowest BCUT2D eigenvalue weighted by Crippen LogP contribution is -2.13. The molecule has 2 rings (SSSR count). The van der Waals surface area contributed by atoms with Crippen LogP contribution in [-0.4, -0.2) is 27.8 Å². The zero-order valence-electron chi connectivity index (χ0n) is 10.4. The Bertz CT molecular complexity index is 668. The summed E-state index contributed by atoms with van der Waals surface area (Å²) in [5, 5.41) is 14.4. The molecule has 104 valence electrons. The van der Waals surface area contributed by atoms with Crippen LogP contribution >= 0.6 is 0 Å². The number of halogens is 1. The molecular formula is C12H10FN3O4. The van der Waals surface area contributed by atoms with E-state index in [0.29, 0.717) is 0 Å². The van der Waals surface area contributed by atoms with Gasteiger partial charge in [-0.3, -0.25) is 0 Å². The highest BCUT2D eigenvalue weighted by Gasteiger charge is 2.24. The van der Waals surface area contributed by atoms with Gasteiger partial charge >= 0.3 is 11.8 Å². The quantitative estimate of drug-likeness (QED) is 0.483. The first-order chi connectivity index (χ1) is 9.52. The van der Waals surface area contributed by atoms with E-state index in [4.69, 9.17) is 0 Å². The zero-order chi connectivity index (χ0) is 14.7. The average Bonchev–Trinajstić information content (AvgIpc) is 2.85. The highest BCUT2D eigenvalue weighted by atomic mass is 19.1. The highest BCUT2D eigenvalue weighted by molar-refractivity contribution is 5.88. The Morgan fingerprint density at radius 2 is 2.20 bits per heavy atom. The molecule has 0 unspecified atom stereocenters. The number of carbonyl (C=O) groups excluding carboxylic acids is 1. The Balaban J connectivity index is 2.42. The minimum absolute atomic E-state index is 0.106. The van der Waals surface area contributed by atoms with Crippen LogP contribution in [0.5, 0.6) is 0 Å². The van der Waals surface area contributed by atoms with E-state index in [1.165, 1.54) is 18.2 Å². The maximum atomic E-state index is 13.6. The fourth-order valence-electron chi connectivity index (χ4n) is 1.67. The van der Waals surface area contributed by atoms with Crippen molar-refractivity contribution in [2.24, 2.45) is 0 Å². The molecule has 7 nitrogen and oxygen atoms in total. The van der Waals surface area contributed by atoms with Crippen molar-refractivity contribution in [1.29, 1.82) is 0 Å². The SMILES string of the molecule is COC(=O)c1cc([N+](=O)[O-])nn1Cc1ccccc1F. The van der Waals surface area contributed by atoms with Crippen molar-refractivity contribution in [3.8, 4) is 0 Å². The lowest BCUT2D eigenvalue weighted by Gasteiger charge is -2.03. The van der Waals surface area contributed by atoms with E-state index in [0.717, 1.165) is 17.9 Å². The topological polar surface area (TPSA) is 87.3 Å². The van der Waals surface area contributed by atoms with E-state index in [9.17, 15) is 19.3 Å². The summed E-state index contributed by atoms with van der Waals surface area (Å²) in [5.41, 5.74) is 0.151. The summed E-state index contributed by atoms with van der Waals surface area (Å²) >= 11 is 0. The Hall–Kier alpha value is -2.77. The maximum Gasteiger partial charge on any atom is 0.390 e. The highest BCUT2D eigenvalue weighted by Crippen LogP contribution is 2.16. The van der Waals surface area contributed by atoms with Crippen molar-refractivity contribution >= 4 is 11.8 Å². The van der Waals surface area contributed by atoms with Crippen LogP contribution in [0.4, 0.5) is 10.2 Å². The van der Waals surface area contributed by atoms with E-state index in [1.807, 2.05) is 0 Å². The summed E-state index contributed by atoms with van der Waals surface area (Å²) in [6, 6.07) is 6.89. The van der Waals surface area contributed by atoms with Crippen LogP contribution in [0.3, 0.4) is 0 Å². The van der Waals surface area contributed by atoms with Gasteiger partial charge in [0.15, 0.2) is 5.69 Å². The number of carbonyl (C=O) groups is 1. The Morgan fingerprint density at radius 1 is 1.50 bits per heavy atom. The number of esters is 1. The summed E-state index contributed by atoms with van der Waals surface area (Å²) in [7, 11) is 1.15. The summed E-state index contributed by atoms with van der Waals surface area (Å²) in [6.45, 7) is -0.106. The van der Waals surface area contributed by atoms with Gasteiger partial charge in [-0.25, -0.2) is 9.18 Å². The van der Waals surface area contributed by atoms with Gasteiger partial charge in [0, 0.05) is 5.56 Å². The van der Waals surface area contributed by atoms with E-state index in [1.54, 1.807) is 6.07 Å². The molecule has 0 bridgehead atoms. The Labute approximate surface area is 112 Å². The van der Waals surface area contributed by atoms with Gasteiger partial charge in [-0.2, -0.15) is 4.68 Å². The molecule has 0 aliphatic rings. The predicted octanol–water partition coefficient (Wildman–Crippen LogP) is 1.77. The second-order valence-electron chi connectivity index (χ2n) is 3.89. The minimum atomic E-state index is -0.776. The largest absolute Gasteiger partial charge is 0.464 e. The summed E-state index contributed by atoms with van der Waals surface area (Å²) in [5.74, 6) is -1.76. The molecule has 8 heteroatoms. The molecule has 0 radical (unpaired) electrons. The number of hydrogen-bond acceptors (Lipinski definition) is 5. The fraction of sp³-hybridized carbons (Fsp3) is 0.167. The number of rotatable bonds is 4. The van der Waals surface area contributed by atoms with Gasteiger partial charge in [0.1, 0.15) is 5.82 Å².